The van der Waals surface area contributed by atoms with Crippen molar-refractivity contribution < 1.29 is 18.8 Å². The fourth-order valence-electron chi connectivity index (χ4n) is 5.13. The van der Waals surface area contributed by atoms with Crippen LogP contribution in [-0.4, -0.2) is 44.4 Å². The molecule has 2 aliphatic rings. The van der Waals surface area contributed by atoms with E-state index in [0.29, 0.717) is 24.6 Å². The van der Waals surface area contributed by atoms with Gasteiger partial charge in [0, 0.05) is 25.0 Å². The van der Waals surface area contributed by atoms with Gasteiger partial charge in [0.2, 0.25) is 5.91 Å². The Morgan fingerprint density at radius 1 is 1.26 bits per heavy atom. The average Bonchev–Trinajstić information content (AvgIpc) is 3.29. The van der Waals surface area contributed by atoms with Crippen LogP contribution in [0.1, 0.15) is 63.9 Å². The van der Waals surface area contributed by atoms with Gasteiger partial charge in [0.1, 0.15) is 29.8 Å². The van der Waals surface area contributed by atoms with Gasteiger partial charge in [-0.3, -0.25) is 14.5 Å². The zero-order valence-electron chi connectivity index (χ0n) is 20.1. The van der Waals surface area contributed by atoms with Crippen molar-refractivity contribution in [2.45, 2.75) is 58.0 Å². The highest BCUT2D eigenvalue weighted by Gasteiger charge is 2.53. The zero-order valence-corrected chi connectivity index (χ0v) is 20.1. The number of carbonyl (C=O) groups is 3. The minimum Gasteiger partial charge on any atom is -0.340 e. The molecular weight excluding hydrogens is 437 g/mol. The number of halogens is 1. The number of imidazole rings is 1. The molecule has 1 atom stereocenters. The predicted molar refractivity (Wildman–Crippen MR) is 124 cm³/mol. The summed E-state index contributed by atoms with van der Waals surface area (Å²) in [6.07, 6.45) is 6.05. The lowest BCUT2D eigenvalue weighted by Crippen LogP contribution is -2.51. The molecule has 1 aliphatic carbocycles. The van der Waals surface area contributed by atoms with E-state index in [2.05, 4.69) is 36.4 Å². The summed E-state index contributed by atoms with van der Waals surface area (Å²) in [6.45, 7) is 6.13. The Morgan fingerprint density at radius 2 is 1.94 bits per heavy atom. The van der Waals surface area contributed by atoms with Crippen LogP contribution in [-0.2, 0) is 16.6 Å². The lowest BCUT2D eigenvalue weighted by Gasteiger charge is -2.40. The van der Waals surface area contributed by atoms with Gasteiger partial charge in [0.15, 0.2) is 0 Å². The standard InChI is InChI=1S/C25H32FN5O3/c1-24(2,3)16-9-11-25(12-10-16)22(33)31(23(34)29-25)15-19(32)28-20(21-27-13-14-30(21)4)17-7-5-6-8-18(17)26/h5-8,13-14,16,20H,9-12,15H2,1-4H3,(H,28,32)(H,29,34). The molecule has 34 heavy (non-hydrogen) atoms. The average molecular weight is 470 g/mol. The Hall–Kier alpha value is -3.23. The summed E-state index contributed by atoms with van der Waals surface area (Å²) in [7, 11) is 1.75. The first kappa shape index (κ1) is 23.9. The van der Waals surface area contributed by atoms with Crippen LogP contribution >= 0.6 is 0 Å². The summed E-state index contributed by atoms with van der Waals surface area (Å²) in [4.78, 5) is 44.2. The Balaban J connectivity index is 1.49. The molecule has 1 unspecified atom stereocenters. The molecule has 0 radical (unpaired) electrons. The molecule has 1 aliphatic heterocycles. The van der Waals surface area contributed by atoms with Crippen LogP contribution in [0.4, 0.5) is 9.18 Å². The minimum absolute atomic E-state index is 0.138. The van der Waals surface area contributed by atoms with Crippen molar-refractivity contribution in [3.8, 4) is 0 Å². The first-order chi connectivity index (χ1) is 16.0. The van der Waals surface area contributed by atoms with E-state index in [1.807, 2.05) is 0 Å². The molecule has 182 valence electrons. The Morgan fingerprint density at radius 3 is 2.53 bits per heavy atom. The van der Waals surface area contributed by atoms with Crippen molar-refractivity contribution in [1.82, 2.24) is 25.1 Å². The van der Waals surface area contributed by atoms with E-state index >= 15 is 0 Å². The summed E-state index contributed by atoms with van der Waals surface area (Å²) >= 11 is 0. The molecule has 4 amide bonds. The summed E-state index contributed by atoms with van der Waals surface area (Å²) < 4.78 is 16.3. The molecular formula is C25H32FN5O3. The molecule has 0 bridgehead atoms. The fourth-order valence-corrected chi connectivity index (χ4v) is 5.13. The number of benzene rings is 1. The lowest BCUT2D eigenvalue weighted by atomic mass is 9.67. The van der Waals surface area contributed by atoms with Gasteiger partial charge in [-0.25, -0.2) is 14.2 Å². The van der Waals surface area contributed by atoms with Crippen molar-refractivity contribution in [2.24, 2.45) is 18.4 Å². The van der Waals surface area contributed by atoms with E-state index in [1.165, 1.54) is 6.07 Å². The molecule has 1 aromatic carbocycles. The maximum atomic E-state index is 14.6. The molecule has 2 heterocycles. The molecule has 1 saturated carbocycles. The zero-order chi connectivity index (χ0) is 24.7. The maximum absolute atomic E-state index is 14.6. The van der Waals surface area contributed by atoms with Crippen LogP contribution in [0.15, 0.2) is 36.7 Å². The topological polar surface area (TPSA) is 96.3 Å². The first-order valence-electron chi connectivity index (χ1n) is 11.7. The van der Waals surface area contributed by atoms with Crippen molar-refractivity contribution in [3.63, 3.8) is 0 Å². The molecule has 4 rings (SSSR count). The van der Waals surface area contributed by atoms with E-state index in [4.69, 9.17) is 0 Å². The van der Waals surface area contributed by atoms with Crippen LogP contribution in [0.25, 0.3) is 0 Å². The van der Waals surface area contributed by atoms with Crippen LogP contribution in [0.5, 0.6) is 0 Å². The number of amides is 4. The van der Waals surface area contributed by atoms with Gasteiger partial charge < -0.3 is 15.2 Å². The SMILES string of the molecule is Cn1ccnc1C(NC(=O)CN1C(=O)NC2(CCC(C(C)(C)C)CC2)C1=O)c1ccccc1F. The monoisotopic (exact) mass is 469 g/mol. The van der Waals surface area contributed by atoms with Gasteiger partial charge in [0.05, 0.1) is 0 Å². The second-order valence-corrected chi connectivity index (χ2v) is 10.5. The number of rotatable bonds is 5. The predicted octanol–water partition coefficient (Wildman–Crippen LogP) is 3.29. The molecule has 1 aromatic heterocycles. The Kier molecular flexibility index (Phi) is 6.22. The molecule has 1 spiro atoms. The number of nitrogens with zero attached hydrogens (tertiary/aromatic N) is 3. The number of hydrogen-bond acceptors (Lipinski definition) is 4. The Labute approximate surface area is 198 Å². The molecule has 2 aromatic rings. The van der Waals surface area contributed by atoms with Gasteiger partial charge in [-0.05, 0) is 43.1 Å². The Bertz CT molecular complexity index is 1100. The third kappa shape index (κ3) is 4.43. The van der Waals surface area contributed by atoms with Gasteiger partial charge in [-0.2, -0.15) is 0 Å². The van der Waals surface area contributed by atoms with Crippen molar-refractivity contribution >= 4 is 17.8 Å². The summed E-state index contributed by atoms with van der Waals surface area (Å²) in [5, 5.41) is 5.63. The lowest BCUT2D eigenvalue weighted by molar-refractivity contribution is -0.136. The third-order valence-electron chi connectivity index (χ3n) is 7.25. The first-order valence-corrected chi connectivity index (χ1v) is 11.7. The highest BCUT2D eigenvalue weighted by molar-refractivity contribution is 6.09. The van der Waals surface area contributed by atoms with Gasteiger partial charge >= 0.3 is 6.03 Å². The van der Waals surface area contributed by atoms with Crippen LogP contribution in [0.2, 0.25) is 0 Å². The molecule has 8 nitrogen and oxygen atoms in total. The summed E-state index contributed by atoms with van der Waals surface area (Å²) in [6, 6.07) is 4.70. The van der Waals surface area contributed by atoms with Crippen LogP contribution < -0.4 is 10.6 Å². The number of urea groups is 1. The van der Waals surface area contributed by atoms with Crippen LogP contribution in [0.3, 0.4) is 0 Å². The third-order valence-corrected chi connectivity index (χ3v) is 7.25. The molecule has 2 N–H and O–H groups in total. The maximum Gasteiger partial charge on any atom is 0.325 e. The van der Waals surface area contributed by atoms with Gasteiger partial charge in [0.25, 0.3) is 5.91 Å². The fraction of sp³-hybridized carbons (Fsp3) is 0.520. The van der Waals surface area contributed by atoms with Crippen molar-refractivity contribution in [2.75, 3.05) is 6.54 Å². The second-order valence-electron chi connectivity index (χ2n) is 10.5. The summed E-state index contributed by atoms with van der Waals surface area (Å²) in [5.74, 6) is -0.507. The van der Waals surface area contributed by atoms with Gasteiger partial charge in [-0.1, -0.05) is 39.0 Å². The van der Waals surface area contributed by atoms with E-state index < -0.39 is 35.9 Å². The largest absolute Gasteiger partial charge is 0.340 e. The second kappa shape index (κ2) is 8.85. The highest BCUT2D eigenvalue weighted by Crippen LogP contribution is 2.43. The number of aryl methyl sites for hydroxylation is 1. The van der Waals surface area contributed by atoms with E-state index in [-0.39, 0.29) is 16.9 Å². The molecule has 1 saturated heterocycles. The molecule has 9 heteroatoms. The number of aromatic nitrogens is 2. The normalized spacial score (nSPS) is 23.8. The quantitative estimate of drug-likeness (QED) is 0.657. The van der Waals surface area contributed by atoms with E-state index in [1.54, 1.807) is 42.2 Å². The minimum atomic E-state index is -0.941. The van der Waals surface area contributed by atoms with Crippen LogP contribution in [0, 0.1) is 17.2 Å². The highest BCUT2D eigenvalue weighted by atomic mass is 19.1. The van der Waals surface area contributed by atoms with Gasteiger partial charge in [-0.15, -0.1) is 0 Å². The number of nitrogens with one attached hydrogen (secondary N) is 2. The number of hydrogen-bond donors (Lipinski definition) is 2. The van der Waals surface area contributed by atoms with Crippen molar-refractivity contribution in [3.05, 3.63) is 53.9 Å². The number of imide groups is 1. The summed E-state index contributed by atoms with van der Waals surface area (Å²) in [5.41, 5.74) is -0.553. The smallest absolute Gasteiger partial charge is 0.325 e. The van der Waals surface area contributed by atoms with E-state index in [9.17, 15) is 18.8 Å². The van der Waals surface area contributed by atoms with Crippen molar-refractivity contribution in [1.29, 1.82) is 0 Å². The molecule has 2 fully saturated rings. The number of carbonyl (C=O) groups excluding carboxylic acids is 3. The van der Waals surface area contributed by atoms with E-state index in [0.717, 1.165) is 17.7 Å².